The molecule has 2 aromatic rings. The lowest BCUT2D eigenvalue weighted by atomic mass is 10.2. The molecule has 0 spiro atoms. The van der Waals surface area contributed by atoms with Gasteiger partial charge in [0.15, 0.2) is 0 Å². The van der Waals surface area contributed by atoms with Gasteiger partial charge in [0.25, 0.3) is 0 Å². The third-order valence-corrected chi connectivity index (χ3v) is 4.15. The normalized spacial score (nSPS) is 16.3. The molecule has 0 amide bonds. The quantitative estimate of drug-likeness (QED) is 0.838. The van der Waals surface area contributed by atoms with Crippen LogP contribution in [0.3, 0.4) is 0 Å². The van der Waals surface area contributed by atoms with Gasteiger partial charge in [-0.15, -0.1) is 0 Å². The van der Waals surface area contributed by atoms with E-state index in [2.05, 4.69) is 34.6 Å². The number of nitrogens with zero attached hydrogens (tertiary/aromatic N) is 2. The molecule has 0 unspecified atom stereocenters. The average molecular weight is 258 g/mol. The Morgan fingerprint density at radius 2 is 1.89 bits per heavy atom. The molecule has 0 aliphatic carbocycles. The number of likely N-dealkylation sites (tertiary alicyclic amines) is 1. The second-order valence-corrected chi connectivity index (χ2v) is 5.41. The van der Waals surface area contributed by atoms with Gasteiger partial charge in [-0.05, 0) is 57.1 Å². The van der Waals surface area contributed by atoms with Crippen molar-refractivity contribution in [1.82, 2.24) is 9.47 Å². The van der Waals surface area contributed by atoms with Crippen LogP contribution in [0.2, 0.25) is 0 Å². The number of hydrogen-bond acceptors (Lipinski definition) is 2. The van der Waals surface area contributed by atoms with Crippen LogP contribution in [0.25, 0.3) is 10.9 Å². The maximum absolute atomic E-state index is 5.30. The first kappa shape index (κ1) is 12.5. The number of methoxy groups -OCH3 is 1. The van der Waals surface area contributed by atoms with Gasteiger partial charge in [0.1, 0.15) is 5.75 Å². The van der Waals surface area contributed by atoms with E-state index in [4.69, 9.17) is 4.74 Å². The molecule has 1 aliphatic rings. The van der Waals surface area contributed by atoms with Crippen molar-refractivity contribution in [2.75, 3.05) is 26.7 Å². The van der Waals surface area contributed by atoms with E-state index in [0.717, 1.165) is 18.8 Å². The number of fused-ring (bicyclic) bond motifs is 1. The van der Waals surface area contributed by atoms with Crippen LogP contribution in [0, 0.1) is 6.92 Å². The topological polar surface area (TPSA) is 17.4 Å². The number of benzene rings is 1. The van der Waals surface area contributed by atoms with Crippen molar-refractivity contribution in [3.05, 3.63) is 30.0 Å². The molecule has 0 radical (unpaired) electrons. The fourth-order valence-electron chi connectivity index (χ4n) is 3.06. The standard InChI is InChI=1S/C16H22N2O/c1-13-11-14-12-15(19-2)5-6-16(14)18(13)10-9-17-7-3-4-8-17/h5-6,11-12H,3-4,7-10H2,1-2H3. The zero-order valence-corrected chi connectivity index (χ0v) is 11.9. The molecule has 1 saturated heterocycles. The Morgan fingerprint density at radius 1 is 1.11 bits per heavy atom. The first-order valence-electron chi connectivity index (χ1n) is 7.14. The summed E-state index contributed by atoms with van der Waals surface area (Å²) >= 11 is 0. The number of aromatic nitrogens is 1. The molecule has 19 heavy (non-hydrogen) atoms. The Hall–Kier alpha value is -1.48. The molecular weight excluding hydrogens is 236 g/mol. The van der Waals surface area contributed by atoms with Gasteiger partial charge in [-0.1, -0.05) is 0 Å². The second-order valence-electron chi connectivity index (χ2n) is 5.41. The van der Waals surface area contributed by atoms with Crippen molar-refractivity contribution in [3.63, 3.8) is 0 Å². The highest BCUT2D eigenvalue weighted by Crippen LogP contribution is 2.24. The molecule has 102 valence electrons. The number of hydrogen-bond donors (Lipinski definition) is 0. The van der Waals surface area contributed by atoms with Crippen molar-refractivity contribution < 1.29 is 4.74 Å². The van der Waals surface area contributed by atoms with Crippen LogP contribution in [0.1, 0.15) is 18.5 Å². The lowest BCUT2D eigenvalue weighted by Crippen LogP contribution is -2.24. The number of ether oxygens (including phenoxy) is 1. The van der Waals surface area contributed by atoms with E-state index < -0.39 is 0 Å². The SMILES string of the molecule is COc1ccc2c(c1)cc(C)n2CCN1CCCC1. The van der Waals surface area contributed by atoms with Crippen LogP contribution >= 0.6 is 0 Å². The van der Waals surface area contributed by atoms with Crippen LogP contribution < -0.4 is 4.74 Å². The molecule has 2 heterocycles. The Labute approximate surface area is 114 Å². The van der Waals surface area contributed by atoms with Gasteiger partial charge < -0.3 is 14.2 Å². The number of aryl methyl sites for hydroxylation is 1. The van der Waals surface area contributed by atoms with E-state index in [1.165, 1.54) is 42.5 Å². The Kier molecular flexibility index (Phi) is 3.47. The Morgan fingerprint density at radius 3 is 2.63 bits per heavy atom. The minimum absolute atomic E-state index is 0.934. The largest absolute Gasteiger partial charge is 0.497 e. The molecular formula is C16H22N2O. The molecule has 0 atom stereocenters. The minimum Gasteiger partial charge on any atom is -0.497 e. The molecule has 0 N–H and O–H groups in total. The summed E-state index contributed by atoms with van der Waals surface area (Å²) in [5.74, 6) is 0.934. The minimum atomic E-state index is 0.934. The van der Waals surface area contributed by atoms with Crippen molar-refractivity contribution in [2.24, 2.45) is 0 Å². The van der Waals surface area contributed by atoms with Gasteiger partial charge in [0.05, 0.1) is 7.11 Å². The smallest absolute Gasteiger partial charge is 0.119 e. The molecule has 3 nitrogen and oxygen atoms in total. The van der Waals surface area contributed by atoms with Gasteiger partial charge in [0, 0.05) is 29.7 Å². The van der Waals surface area contributed by atoms with Crippen molar-refractivity contribution in [2.45, 2.75) is 26.3 Å². The highest BCUT2D eigenvalue weighted by atomic mass is 16.5. The van der Waals surface area contributed by atoms with Crippen molar-refractivity contribution in [3.8, 4) is 5.75 Å². The van der Waals surface area contributed by atoms with E-state index in [-0.39, 0.29) is 0 Å². The summed E-state index contributed by atoms with van der Waals surface area (Å²) in [5.41, 5.74) is 2.65. The molecule has 1 aromatic heterocycles. The van der Waals surface area contributed by atoms with E-state index in [9.17, 15) is 0 Å². The Bertz CT molecular complexity index is 567. The summed E-state index contributed by atoms with van der Waals surface area (Å²) in [5, 5.41) is 1.28. The molecule has 1 aliphatic heterocycles. The third kappa shape index (κ3) is 2.47. The van der Waals surface area contributed by atoms with Crippen LogP contribution in [0.5, 0.6) is 5.75 Å². The van der Waals surface area contributed by atoms with Crippen molar-refractivity contribution >= 4 is 10.9 Å². The van der Waals surface area contributed by atoms with E-state index >= 15 is 0 Å². The van der Waals surface area contributed by atoms with Gasteiger partial charge in [0.2, 0.25) is 0 Å². The molecule has 1 aromatic carbocycles. The van der Waals surface area contributed by atoms with E-state index in [1.807, 2.05) is 6.07 Å². The number of rotatable bonds is 4. The fourth-order valence-corrected chi connectivity index (χ4v) is 3.06. The maximum atomic E-state index is 5.30. The lowest BCUT2D eigenvalue weighted by Gasteiger charge is -2.16. The zero-order valence-electron chi connectivity index (χ0n) is 11.9. The summed E-state index contributed by atoms with van der Waals surface area (Å²) in [6.07, 6.45) is 2.73. The van der Waals surface area contributed by atoms with Gasteiger partial charge in [-0.3, -0.25) is 0 Å². The highest BCUT2D eigenvalue weighted by molar-refractivity contribution is 5.82. The summed E-state index contributed by atoms with van der Waals surface area (Å²) in [4.78, 5) is 2.56. The first-order chi connectivity index (χ1) is 9.28. The molecule has 3 rings (SSSR count). The van der Waals surface area contributed by atoms with Crippen molar-refractivity contribution in [1.29, 1.82) is 0 Å². The monoisotopic (exact) mass is 258 g/mol. The average Bonchev–Trinajstić information content (AvgIpc) is 3.02. The zero-order chi connectivity index (χ0) is 13.2. The highest BCUT2D eigenvalue weighted by Gasteiger charge is 2.12. The van der Waals surface area contributed by atoms with E-state index in [0.29, 0.717) is 0 Å². The van der Waals surface area contributed by atoms with Gasteiger partial charge >= 0.3 is 0 Å². The maximum Gasteiger partial charge on any atom is 0.119 e. The van der Waals surface area contributed by atoms with Crippen LogP contribution in [-0.4, -0.2) is 36.2 Å². The molecule has 3 heteroatoms. The summed E-state index contributed by atoms with van der Waals surface area (Å²) in [6.45, 7) is 6.98. The van der Waals surface area contributed by atoms with E-state index in [1.54, 1.807) is 7.11 Å². The van der Waals surface area contributed by atoms with Gasteiger partial charge in [-0.25, -0.2) is 0 Å². The van der Waals surface area contributed by atoms with Crippen LogP contribution in [-0.2, 0) is 6.54 Å². The van der Waals surface area contributed by atoms with Crippen LogP contribution in [0.4, 0.5) is 0 Å². The predicted octanol–water partition coefficient (Wildman–Crippen LogP) is 3.05. The van der Waals surface area contributed by atoms with Crippen LogP contribution in [0.15, 0.2) is 24.3 Å². The Balaban J connectivity index is 1.83. The fraction of sp³-hybridized carbons (Fsp3) is 0.500. The predicted molar refractivity (Wildman–Crippen MR) is 78.9 cm³/mol. The third-order valence-electron chi connectivity index (χ3n) is 4.15. The summed E-state index contributed by atoms with van der Waals surface area (Å²) in [6, 6.07) is 8.59. The first-order valence-corrected chi connectivity index (χ1v) is 7.14. The summed E-state index contributed by atoms with van der Waals surface area (Å²) in [7, 11) is 1.72. The summed E-state index contributed by atoms with van der Waals surface area (Å²) < 4.78 is 7.72. The second kappa shape index (κ2) is 5.25. The molecule has 0 saturated carbocycles. The van der Waals surface area contributed by atoms with Gasteiger partial charge in [-0.2, -0.15) is 0 Å². The lowest BCUT2D eigenvalue weighted by molar-refractivity contribution is 0.323. The molecule has 1 fully saturated rings. The molecule has 0 bridgehead atoms.